The summed E-state index contributed by atoms with van der Waals surface area (Å²) in [6, 6.07) is 10.8. The second kappa shape index (κ2) is 5.51. The molecule has 0 saturated heterocycles. The highest BCUT2D eigenvalue weighted by molar-refractivity contribution is 5.43. The van der Waals surface area contributed by atoms with E-state index in [0.717, 1.165) is 11.1 Å². The van der Waals surface area contributed by atoms with E-state index in [-0.39, 0.29) is 0 Å². The van der Waals surface area contributed by atoms with Crippen LogP contribution < -0.4 is 4.74 Å². The highest BCUT2D eigenvalue weighted by Gasteiger charge is 2.06. The molecule has 1 heterocycles. The Hall–Kier alpha value is -2.38. The van der Waals surface area contributed by atoms with Crippen LogP contribution in [0.15, 0.2) is 36.5 Å². The van der Waals surface area contributed by atoms with Crippen LogP contribution in [0.5, 0.6) is 11.6 Å². The first-order valence-electron chi connectivity index (χ1n) is 5.93. The number of hydrogen-bond donors (Lipinski definition) is 1. The quantitative estimate of drug-likeness (QED) is 0.913. The average molecular weight is 254 g/mol. The van der Waals surface area contributed by atoms with E-state index in [9.17, 15) is 5.11 Å². The van der Waals surface area contributed by atoms with Crippen LogP contribution in [0.25, 0.3) is 0 Å². The number of pyridine rings is 1. The van der Waals surface area contributed by atoms with E-state index in [4.69, 9.17) is 10.00 Å². The molecular formula is C15H14N2O2. The van der Waals surface area contributed by atoms with Crippen molar-refractivity contribution in [2.45, 2.75) is 20.0 Å². The SMILES string of the molecule is Cc1ccc(C#N)cc1Oc1ccc([C@H](C)O)cn1. The standard InChI is InChI=1S/C15H14N2O2/c1-10-3-4-12(8-16)7-14(10)19-15-6-5-13(9-17-15)11(2)18/h3-7,9,11,18H,1-2H3/t11-/m0/s1. The van der Waals surface area contributed by atoms with Crippen molar-refractivity contribution < 1.29 is 9.84 Å². The maximum Gasteiger partial charge on any atom is 0.219 e. The van der Waals surface area contributed by atoms with Crippen molar-refractivity contribution in [3.05, 3.63) is 53.2 Å². The van der Waals surface area contributed by atoms with Crippen molar-refractivity contribution in [1.29, 1.82) is 5.26 Å². The predicted molar refractivity (Wildman–Crippen MR) is 70.8 cm³/mol. The number of nitrogens with zero attached hydrogens (tertiary/aromatic N) is 2. The molecule has 96 valence electrons. The van der Waals surface area contributed by atoms with E-state index in [1.54, 1.807) is 37.4 Å². The van der Waals surface area contributed by atoms with Gasteiger partial charge in [0.25, 0.3) is 0 Å². The van der Waals surface area contributed by atoms with Crippen LogP contribution in [0.1, 0.15) is 29.7 Å². The third-order valence-electron chi connectivity index (χ3n) is 2.77. The molecule has 4 heteroatoms. The zero-order valence-electron chi connectivity index (χ0n) is 10.8. The van der Waals surface area contributed by atoms with Crippen LogP contribution in [0.3, 0.4) is 0 Å². The Labute approximate surface area is 111 Å². The van der Waals surface area contributed by atoms with E-state index in [1.165, 1.54) is 0 Å². The maximum atomic E-state index is 9.40. The summed E-state index contributed by atoms with van der Waals surface area (Å²) in [7, 11) is 0. The van der Waals surface area contributed by atoms with Crippen LogP contribution >= 0.6 is 0 Å². The number of nitriles is 1. The highest BCUT2D eigenvalue weighted by atomic mass is 16.5. The number of ether oxygens (including phenoxy) is 1. The summed E-state index contributed by atoms with van der Waals surface area (Å²) < 4.78 is 5.64. The van der Waals surface area contributed by atoms with Crippen molar-refractivity contribution in [2.75, 3.05) is 0 Å². The van der Waals surface area contributed by atoms with E-state index in [2.05, 4.69) is 11.1 Å². The molecular weight excluding hydrogens is 240 g/mol. The molecule has 1 aromatic heterocycles. The normalized spacial score (nSPS) is 11.7. The van der Waals surface area contributed by atoms with Gasteiger partial charge in [0, 0.05) is 12.3 Å². The number of aliphatic hydroxyl groups excluding tert-OH is 1. The van der Waals surface area contributed by atoms with Gasteiger partial charge in [0.15, 0.2) is 0 Å². The third kappa shape index (κ3) is 3.09. The van der Waals surface area contributed by atoms with E-state index in [1.807, 2.05) is 13.0 Å². The molecule has 0 aliphatic rings. The van der Waals surface area contributed by atoms with Crippen LogP contribution in [0.2, 0.25) is 0 Å². The van der Waals surface area contributed by atoms with Crippen molar-refractivity contribution in [2.24, 2.45) is 0 Å². The molecule has 2 rings (SSSR count). The first-order chi connectivity index (χ1) is 9.10. The van der Waals surface area contributed by atoms with Crippen molar-refractivity contribution >= 4 is 0 Å². The maximum absolute atomic E-state index is 9.40. The molecule has 0 unspecified atom stereocenters. The molecule has 0 spiro atoms. The average Bonchev–Trinajstić information content (AvgIpc) is 2.42. The summed E-state index contributed by atoms with van der Waals surface area (Å²) in [4.78, 5) is 4.13. The van der Waals surface area contributed by atoms with Crippen LogP contribution in [0.4, 0.5) is 0 Å². The molecule has 0 saturated carbocycles. The minimum Gasteiger partial charge on any atom is -0.439 e. The topological polar surface area (TPSA) is 66.1 Å². The zero-order valence-corrected chi connectivity index (χ0v) is 10.8. The molecule has 19 heavy (non-hydrogen) atoms. The lowest BCUT2D eigenvalue weighted by molar-refractivity contribution is 0.198. The van der Waals surface area contributed by atoms with Gasteiger partial charge in [-0.2, -0.15) is 5.26 Å². The Morgan fingerprint density at radius 1 is 1.32 bits per heavy atom. The fourth-order valence-electron chi connectivity index (χ4n) is 1.59. The van der Waals surface area contributed by atoms with Gasteiger partial charge in [0.1, 0.15) is 5.75 Å². The van der Waals surface area contributed by atoms with Gasteiger partial charge in [-0.3, -0.25) is 0 Å². The number of aryl methyl sites for hydroxylation is 1. The van der Waals surface area contributed by atoms with Crippen LogP contribution in [-0.2, 0) is 0 Å². The molecule has 0 amide bonds. The molecule has 0 radical (unpaired) electrons. The van der Waals surface area contributed by atoms with Gasteiger partial charge in [-0.15, -0.1) is 0 Å². The van der Waals surface area contributed by atoms with Gasteiger partial charge in [0.2, 0.25) is 5.88 Å². The molecule has 2 aromatic rings. The number of aliphatic hydroxyl groups is 1. The van der Waals surface area contributed by atoms with Crippen LogP contribution in [0, 0.1) is 18.3 Å². The van der Waals surface area contributed by atoms with Crippen LogP contribution in [-0.4, -0.2) is 10.1 Å². The molecule has 0 bridgehead atoms. The lowest BCUT2D eigenvalue weighted by Crippen LogP contribution is -1.95. The first-order valence-corrected chi connectivity index (χ1v) is 5.93. The summed E-state index contributed by atoms with van der Waals surface area (Å²) in [5.74, 6) is 1.04. The minimum atomic E-state index is -0.551. The number of benzene rings is 1. The van der Waals surface area contributed by atoms with E-state index >= 15 is 0 Å². The molecule has 1 aromatic carbocycles. The van der Waals surface area contributed by atoms with E-state index in [0.29, 0.717) is 17.2 Å². The lowest BCUT2D eigenvalue weighted by atomic mass is 10.1. The Balaban J connectivity index is 2.24. The van der Waals surface area contributed by atoms with Crippen molar-refractivity contribution in [3.63, 3.8) is 0 Å². The number of aromatic nitrogens is 1. The first kappa shape index (κ1) is 13.1. The lowest BCUT2D eigenvalue weighted by Gasteiger charge is -2.09. The van der Waals surface area contributed by atoms with Gasteiger partial charge in [-0.1, -0.05) is 6.07 Å². The molecule has 0 aliphatic carbocycles. The summed E-state index contributed by atoms with van der Waals surface area (Å²) >= 11 is 0. The summed E-state index contributed by atoms with van der Waals surface area (Å²) in [6.07, 6.45) is 1.02. The minimum absolute atomic E-state index is 0.433. The largest absolute Gasteiger partial charge is 0.439 e. The zero-order chi connectivity index (χ0) is 13.8. The van der Waals surface area contributed by atoms with Gasteiger partial charge >= 0.3 is 0 Å². The number of hydrogen-bond acceptors (Lipinski definition) is 4. The number of rotatable bonds is 3. The molecule has 4 nitrogen and oxygen atoms in total. The summed E-state index contributed by atoms with van der Waals surface area (Å²) in [5, 5.41) is 18.3. The van der Waals surface area contributed by atoms with Crippen molar-refractivity contribution in [1.82, 2.24) is 4.98 Å². The second-order valence-electron chi connectivity index (χ2n) is 4.30. The highest BCUT2D eigenvalue weighted by Crippen LogP contribution is 2.25. The summed E-state index contributed by atoms with van der Waals surface area (Å²) in [5.41, 5.74) is 2.21. The van der Waals surface area contributed by atoms with E-state index < -0.39 is 6.10 Å². The molecule has 1 atom stereocenters. The monoisotopic (exact) mass is 254 g/mol. The predicted octanol–water partition coefficient (Wildman–Crippen LogP) is 3.11. The Morgan fingerprint density at radius 2 is 2.11 bits per heavy atom. The van der Waals surface area contributed by atoms with Crippen molar-refractivity contribution in [3.8, 4) is 17.7 Å². The molecule has 1 N–H and O–H groups in total. The smallest absolute Gasteiger partial charge is 0.219 e. The second-order valence-corrected chi connectivity index (χ2v) is 4.30. The summed E-state index contributed by atoms with van der Waals surface area (Å²) in [6.45, 7) is 3.58. The Bertz CT molecular complexity index is 613. The molecule has 0 aliphatic heterocycles. The third-order valence-corrected chi connectivity index (χ3v) is 2.77. The van der Waals surface area contributed by atoms with Gasteiger partial charge in [0.05, 0.1) is 17.7 Å². The Kier molecular flexibility index (Phi) is 3.79. The Morgan fingerprint density at radius 3 is 2.68 bits per heavy atom. The fraction of sp³-hybridized carbons (Fsp3) is 0.200. The van der Waals surface area contributed by atoms with Gasteiger partial charge in [-0.25, -0.2) is 4.98 Å². The molecule has 0 fully saturated rings. The van der Waals surface area contributed by atoms with Gasteiger partial charge in [-0.05, 0) is 43.2 Å². The fourth-order valence-corrected chi connectivity index (χ4v) is 1.59. The van der Waals surface area contributed by atoms with Gasteiger partial charge < -0.3 is 9.84 Å².